The number of tetrazole rings is 1. The minimum atomic E-state index is -0.341. The van der Waals surface area contributed by atoms with Gasteiger partial charge in [-0.15, -0.1) is 5.10 Å². The van der Waals surface area contributed by atoms with Gasteiger partial charge in [0.1, 0.15) is 5.76 Å². The monoisotopic (exact) mass is 357 g/mol. The molecule has 0 fully saturated rings. The fourth-order valence-corrected chi connectivity index (χ4v) is 3.05. The van der Waals surface area contributed by atoms with Gasteiger partial charge in [0.05, 0.1) is 23.7 Å². The largest absolute Gasteiger partial charge is 0.467 e. The lowest BCUT2D eigenvalue weighted by atomic mass is 10.1. The average Bonchev–Trinajstić information content (AvgIpc) is 3.27. The zero-order chi connectivity index (χ0) is 17.8. The Morgan fingerprint density at radius 1 is 1.32 bits per heavy atom. The maximum atomic E-state index is 12.3. The molecule has 0 aliphatic heterocycles. The van der Waals surface area contributed by atoms with Gasteiger partial charge in [-0.3, -0.25) is 4.79 Å². The molecule has 8 heteroatoms. The molecule has 0 spiro atoms. The van der Waals surface area contributed by atoms with Crippen LogP contribution in [0.3, 0.4) is 0 Å². The first-order chi connectivity index (χ1) is 12.0. The number of amides is 1. The highest BCUT2D eigenvalue weighted by Crippen LogP contribution is 2.24. The Labute approximate surface area is 149 Å². The minimum absolute atomic E-state index is 0.101. The van der Waals surface area contributed by atoms with Crippen LogP contribution in [0, 0.1) is 13.8 Å². The smallest absolute Gasteiger partial charge is 0.233 e. The number of rotatable bonds is 6. The molecule has 130 valence electrons. The third kappa shape index (κ3) is 4.08. The molecule has 1 aromatic carbocycles. The van der Waals surface area contributed by atoms with Crippen LogP contribution in [-0.4, -0.2) is 31.4 Å². The molecule has 0 saturated carbocycles. The van der Waals surface area contributed by atoms with Crippen molar-refractivity contribution in [3.8, 4) is 5.69 Å². The van der Waals surface area contributed by atoms with E-state index in [4.69, 9.17) is 4.42 Å². The molecule has 0 aliphatic carbocycles. The van der Waals surface area contributed by atoms with E-state index in [1.165, 1.54) is 17.3 Å². The van der Waals surface area contributed by atoms with Gasteiger partial charge < -0.3 is 9.73 Å². The zero-order valence-electron chi connectivity index (χ0n) is 14.3. The third-order valence-electron chi connectivity index (χ3n) is 3.84. The number of aromatic nitrogens is 4. The molecule has 2 aromatic heterocycles. The third-order valence-corrected chi connectivity index (χ3v) is 4.88. The molecule has 7 nitrogen and oxygen atoms in total. The lowest BCUT2D eigenvalue weighted by molar-refractivity contribution is -0.120. The summed E-state index contributed by atoms with van der Waals surface area (Å²) in [6.45, 7) is 6.28. The molecular formula is C17H19N5O2S. The second-order valence-electron chi connectivity index (χ2n) is 5.70. The first-order valence-electron chi connectivity index (χ1n) is 7.87. The van der Waals surface area contributed by atoms with Gasteiger partial charge in [0.2, 0.25) is 11.1 Å². The number of nitrogens with one attached hydrogen (secondary N) is 1. The van der Waals surface area contributed by atoms with E-state index in [0.29, 0.717) is 17.5 Å². The number of hydrogen-bond donors (Lipinski definition) is 1. The summed E-state index contributed by atoms with van der Waals surface area (Å²) >= 11 is 1.31. The Balaban J connectivity index is 1.67. The van der Waals surface area contributed by atoms with E-state index in [-0.39, 0.29) is 11.2 Å². The molecule has 0 bridgehead atoms. The van der Waals surface area contributed by atoms with E-state index in [2.05, 4.69) is 27.8 Å². The Morgan fingerprint density at radius 3 is 2.88 bits per heavy atom. The highest BCUT2D eigenvalue weighted by molar-refractivity contribution is 8.00. The number of furan rings is 1. The molecule has 1 amide bonds. The quantitative estimate of drug-likeness (QED) is 0.683. The predicted molar refractivity (Wildman–Crippen MR) is 94.5 cm³/mol. The standard InChI is InChI=1S/C17H19N5O2S/c1-11-6-7-14(9-12(11)2)22-17(19-20-21-22)25-13(3)16(23)18-10-15-5-4-8-24-15/h4-9,13H,10H2,1-3H3,(H,18,23)/t13-/m1/s1. The summed E-state index contributed by atoms with van der Waals surface area (Å²) in [5.41, 5.74) is 3.24. The van der Waals surface area contributed by atoms with Crippen LogP contribution in [0.1, 0.15) is 23.8 Å². The lowest BCUT2D eigenvalue weighted by Crippen LogP contribution is -2.30. The van der Waals surface area contributed by atoms with Gasteiger partial charge in [0.15, 0.2) is 0 Å². The van der Waals surface area contributed by atoms with Gasteiger partial charge in [-0.2, -0.15) is 4.68 Å². The van der Waals surface area contributed by atoms with Crippen molar-refractivity contribution in [2.24, 2.45) is 0 Å². The summed E-state index contributed by atoms with van der Waals surface area (Å²) in [7, 11) is 0. The summed E-state index contributed by atoms with van der Waals surface area (Å²) in [6, 6.07) is 9.62. The van der Waals surface area contributed by atoms with E-state index >= 15 is 0 Å². The van der Waals surface area contributed by atoms with E-state index in [0.717, 1.165) is 11.3 Å². The Morgan fingerprint density at radius 2 is 2.16 bits per heavy atom. The van der Waals surface area contributed by atoms with Gasteiger partial charge >= 0.3 is 0 Å². The fraction of sp³-hybridized carbons (Fsp3) is 0.294. The van der Waals surface area contributed by atoms with Crippen LogP contribution < -0.4 is 5.32 Å². The maximum Gasteiger partial charge on any atom is 0.233 e. The molecule has 25 heavy (non-hydrogen) atoms. The number of hydrogen-bond acceptors (Lipinski definition) is 6. The zero-order valence-corrected chi connectivity index (χ0v) is 15.1. The van der Waals surface area contributed by atoms with Crippen LogP contribution in [0.15, 0.2) is 46.2 Å². The molecule has 1 atom stereocenters. The molecule has 0 radical (unpaired) electrons. The first-order valence-corrected chi connectivity index (χ1v) is 8.75. The van der Waals surface area contributed by atoms with E-state index in [9.17, 15) is 4.79 Å². The van der Waals surface area contributed by atoms with Crippen LogP contribution >= 0.6 is 11.8 Å². The van der Waals surface area contributed by atoms with Gasteiger partial charge in [-0.25, -0.2) is 0 Å². The normalized spacial score (nSPS) is 12.1. The van der Waals surface area contributed by atoms with Crippen LogP contribution in [0.5, 0.6) is 0 Å². The van der Waals surface area contributed by atoms with E-state index in [1.54, 1.807) is 17.0 Å². The van der Waals surface area contributed by atoms with Gasteiger partial charge in [0, 0.05) is 0 Å². The summed E-state index contributed by atoms with van der Waals surface area (Å²) < 4.78 is 6.86. The van der Waals surface area contributed by atoms with Crippen molar-refractivity contribution in [3.05, 3.63) is 53.5 Å². The van der Waals surface area contributed by atoms with Crippen LogP contribution in [-0.2, 0) is 11.3 Å². The second-order valence-corrected chi connectivity index (χ2v) is 7.01. The molecular weight excluding hydrogens is 338 g/mol. The summed E-state index contributed by atoms with van der Waals surface area (Å²) in [5.74, 6) is 0.613. The van der Waals surface area contributed by atoms with Crippen molar-refractivity contribution in [3.63, 3.8) is 0 Å². The van der Waals surface area contributed by atoms with E-state index in [1.807, 2.05) is 38.1 Å². The molecule has 0 unspecified atom stereocenters. The predicted octanol–water partition coefficient (Wildman–Crippen LogP) is 2.67. The Kier molecular flexibility index (Phi) is 5.18. The van der Waals surface area contributed by atoms with E-state index < -0.39 is 0 Å². The Bertz CT molecular complexity index is 860. The molecule has 0 aliphatic rings. The molecule has 3 rings (SSSR count). The van der Waals surface area contributed by atoms with Crippen molar-refractivity contribution in [2.45, 2.75) is 37.7 Å². The summed E-state index contributed by atoms with van der Waals surface area (Å²) in [5, 5.41) is 14.9. The van der Waals surface area contributed by atoms with Crippen LogP contribution in [0.4, 0.5) is 0 Å². The highest BCUT2D eigenvalue weighted by atomic mass is 32.2. The van der Waals surface area contributed by atoms with Crippen LogP contribution in [0.25, 0.3) is 5.69 Å². The van der Waals surface area contributed by atoms with Crippen molar-refractivity contribution in [1.82, 2.24) is 25.5 Å². The maximum absolute atomic E-state index is 12.3. The Hall–Kier alpha value is -2.61. The summed E-state index contributed by atoms with van der Waals surface area (Å²) in [6.07, 6.45) is 1.58. The van der Waals surface area contributed by atoms with Gasteiger partial charge in [0.25, 0.3) is 0 Å². The number of carbonyl (C=O) groups excluding carboxylic acids is 1. The SMILES string of the molecule is Cc1ccc(-n2nnnc2S[C@H](C)C(=O)NCc2ccco2)cc1C. The topological polar surface area (TPSA) is 85.8 Å². The molecule has 1 N–H and O–H groups in total. The van der Waals surface area contributed by atoms with Crippen LogP contribution in [0.2, 0.25) is 0 Å². The number of aryl methyl sites for hydroxylation is 2. The number of nitrogens with zero attached hydrogens (tertiary/aromatic N) is 4. The first kappa shape index (κ1) is 17.2. The highest BCUT2D eigenvalue weighted by Gasteiger charge is 2.19. The molecule has 3 aromatic rings. The van der Waals surface area contributed by atoms with Gasteiger partial charge in [-0.1, -0.05) is 17.8 Å². The molecule has 0 saturated heterocycles. The van der Waals surface area contributed by atoms with Crippen molar-refractivity contribution in [1.29, 1.82) is 0 Å². The van der Waals surface area contributed by atoms with Crippen molar-refractivity contribution < 1.29 is 9.21 Å². The summed E-state index contributed by atoms with van der Waals surface area (Å²) in [4.78, 5) is 12.3. The van der Waals surface area contributed by atoms with Crippen molar-refractivity contribution >= 4 is 17.7 Å². The fourth-order valence-electron chi connectivity index (χ4n) is 2.21. The van der Waals surface area contributed by atoms with Gasteiger partial charge in [-0.05, 0) is 66.6 Å². The van der Waals surface area contributed by atoms with Crippen molar-refractivity contribution in [2.75, 3.05) is 0 Å². The number of thioether (sulfide) groups is 1. The molecule has 2 heterocycles. The minimum Gasteiger partial charge on any atom is -0.467 e. The number of benzene rings is 1. The lowest BCUT2D eigenvalue weighted by Gasteiger charge is -2.11. The average molecular weight is 357 g/mol. The second kappa shape index (κ2) is 7.52. The number of carbonyl (C=O) groups is 1.